The number of amides is 2. The number of aliphatic hydroxyl groups excluding tert-OH is 1. The van der Waals surface area contributed by atoms with E-state index in [9.17, 15) is 14.7 Å². The third kappa shape index (κ3) is 4.80. The van der Waals surface area contributed by atoms with Crippen molar-refractivity contribution in [3.63, 3.8) is 0 Å². The molecule has 0 aliphatic carbocycles. The van der Waals surface area contributed by atoms with Gasteiger partial charge in [-0.1, -0.05) is 54.6 Å². The zero-order chi connectivity index (χ0) is 26.7. The number of carbonyl (C=O) groups excluding carboxylic acids is 2. The number of ether oxygens (including phenoxy) is 1. The van der Waals surface area contributed by atoms with E-state index < -0.39 is 23.5 Å². The van der Waals surface area contributed by atoms with Crippen molar-refractivity contribution >= 4 is 23.4 Å². The van der Waals surface area contributed by atoms with Crippen LogP contribution in [0.3, 0.4) is 0 Å². The fourth-order valence-corrected chi connectivity index (χ4v) is 4.98. The lowest BCUT2D eigenvalue weighted by Crippen LogP contribution is -2.44. The van der Waals surface area contributed by atoms with Gasteiger partial charge < -0.3 is 19.8 Å². The number of aromatic nitrogens is 3. The predicted molar refractivity (Wildman–Crippen MR) is 140 cm³/mol. The molecule has 2 N–H and O–H groups in total. The highest BCUT2D eigenvalue weighted by Crippen LogP contribution is 2.47. The molecule has 2 aliphatic rings. The molecule has 1 saturated heterocycles. The lowest BCUT2D eigenvalue weighted by molar-refractivity contribution is -0.139. The van der Waals surface area contributed by atoms with Gasteiger partial charge in [0.25, 0.3) is 5.91 Å². The summed E-state index contributed by atoms with van der Waals surface area (Å²) in [4.78, 5) is 29.2. The van der Waals surface area contributed by atoms with E-state index in [1.54, 1.807) is 34.0 Å². The first-order valence-electron chi connectivity index (χ1n) is 12.8. The first kappa shape index (κ1) is 25.6. The summed E-state index contributed by atoms with van der Waals surface area (Å²) < 4.78 is 6.79. The maximum absolute atomic E-state index is 13.8. The summed E-state index contributed by atoms with van der Waals surface area (Å²) in [6, 6.07) is 14.9. The summed E-state index contributed by atoms with van der Waals surface area (Å²) >= 11 is 0. The highest BCUT2D eigenvalue weighted by molar-refractivity contribution is 6.08. The molecule has 0 radical (unpaired) electrons. The summed E-state index contributed by atoms with van der Waals surface area (Å²) in [6.07, 6.45) is 6.20. The van der Waals surface area contributed by atoms with Crippen molar-refractivity contribution in [1.82, 2.24) is 15.0 Å². The zero-order valence-electron chi connectivity index (χ0n) is 21.2. The third-order valence-corrected chi connectivity index (χ3v) is 7.07. The van der Waals surface area contributed by atoms with Crippen molar-refractivity contribution in [1.29, 1.82) is 0 Å². The van der Waals surface area contributed by atoms with Crippen molar-refractivity contribution in [3.05, 3.63) is 83.7 Å². The quantitative estimate of drug-likeness (QED) is 0.397. The van der Waals surface area contributed by atoms with Gasteiger partial charge in [0.1, 0.15) is 6.61 Å². The maximum atomic E-state index is 13.8. The highest BCUT2D eigenvalue weighted by atomic mass is 16.6. The normalized spacial score (nSPS) is 19.9. The van der Waals surface area contributed by atoms with E-state index >= 15 is 0 Å². The number of hydrogen-bond donors (Lipinski definition) is 2. The second-order valence-corrected chi connectivity index (χ2v) is 9.56. The summed E-state index contributed by atoms with van der Waals surface area (Å²) in [6.45, 7) is 3.44. The van der Waals surface area contributed by atoms with Gasteiger partial charge in [-0.15, -0.1) is 5.10 Å². The summed E-state index contributed by atoms with van der Waals surface area (Å²) in [5.41, 5.74) is 1.54. The molecule has 10 nitrogen and oxygen atoms in total. The van der Waals surface area contributed by atoms with E-state index in [4.69, 9.17) is 9.84 Å². The maximum Gasteiger partial charge on any atom is 0.414 e. The summed E-state index contributed by atoms with van der Waals surface area (Å²) in [5, 5.41) is 29.1. The first-order chi connectivity index (χ1) is 18.4. The number of aryl methyl sites for hydroxylation is 1. The van der Waals surface area contributed by atoms with Crippen LogP contribution in [0, 0.1) is 5.92 Å². The van der Waals surface area contributed by atoms with E-state index in [0.717, 1.165) is 11.3 Å². The number of nitrogens with zero attached hydrogens (tertiary/aromatic N) is 5. The molecule has 2 aromatic carbocycles. The minimum Gasteiger partial charge on any atom is -0.447 e. The van der Waals surface area contributed by atoms with E-state index in [2.05, 4.69) is 10.3 Å². The van der Waals surface area contributed by atoms with Crippen LogP contribution in [0.25, 0.3) is 0 Å². The van der Waals surface area contributed by atoms with Gasteiger partial charge in [-0.05, 0) is 30.2 Å². The van der Waals surface area contributed by atoms with Crippen LogP contribution in [-0.4, -0.2) is 57.0 Å². The number of fused-ring (bicyclic) bond motifs is 1. The molecule has 2 aliphatic heterocycles. The first-order valence-corrected chi connectivity index (χ1v) is 12.8. The Hall–Kier alpha value is -4.02. The fourth-order valence-electron chi connectivity index (χ4n) is 4.98. The Morgan fingerprint density at radius 1 is 1.18 bits per heavy atom. The molecule has 3 aromatic rings. The molecule has 5 rings (SSSR count). The van der Waals surface area contributed by atoms with Crippen LogP contribution in [0.4, 0.5) is 16.2 Å². The van der Waals surface area contributed by atoms with E-state index in [-0.39, 0.29) is 6.61 Å². The Morgan fingerprint density at radius 2 is 2.00 bits per heavy atom. The van der Waals surface area contributed by atoms with Gasteiger partial charge in [0.05, 0.1) is 24.5 Å². The number of hydrogen-bond acceptors (Lipinski definition) is 7. The molecule has 38 heavy (non-hydrogen) atoms. The molecular formula is C28H31N5O5. The topological polar surface area (TPSA) is 121 Å². The van der Waals surface area contributed by atoms with Crippen LogP contribution in [-0.2, 0) is 34.6 Å². The van der Waals surface area contributed by atoms with Crippen LogP contribution < -0.4 is 9.80 Å². The van der Waals surface area contributed by atoms with Gasteiger partial charge in [-0.25, -0.2) is 4.79 Å². The number of allylic oxidation sites excluding steroid dienone is 1. The van der Waals surface area contributed by atoms with Crippen LogP contribution in [0.5, 0.6) is 0 Å². The molecule has 2 amide bonds. The number of benzene rings is 2. The van der Waals surface area contributed by atoms with Crippen LogP contribution >= 0.6 is 0 Å². The number of carbonyl (C=O) groups is 2. The molecular weight excluding hydrogens is 486 g/mol. The molecule has 1 aromatic heterocycles. The second kappa shape index (κ2) is 10.8. The third-order valence-electron chi connectivity index (χ3n) is 7.07. The second-order valence-electron chi connectivity index (χ2n) is 9.56. The Labute approximate surface area is 220 Å². The summed E-state index contributed by atoms with van der Waals surface area (Å²) in [5.74, 6) is -0.949. The Bertz CT molecular complexity index is 1340. The van der Waals surface area contributed by atoms with E-state index in [1.807, 2.05) is 49.4 Å². The Balaban J connectivity index is 1.40. The van der Waals surface area contributed by atoms with Gasteiger partial charge in [0.15, 0.2) is 5.60 Å². The zero-order valence-corrected chi connectivity index (χ0v) is 21.2. The largest absolute Gasteiger partial charge is 0.447 e. The average molecular weight is 518 g/mol. The van der Waals surface area contributed by atoms with Crippen LogP contribution in [0.1, 0.15) is 30.2 Å². The standard InChI is InChI=1S/C28H31N5O5/c1-20(7-5-6-13-31-19-22(12-15-34)29-30-31)28(37)24-17-23(32-14-16-38-27(32)36)10-11-25(24)33(26(28)35)18-21-8-3-2-4-9-21/h2-5,7-11,17,19-20,34,37H,6,12-16,18H2,1H3/b7-5+/t20-,28+/m1/s1. The van der Waals surface area contributed by atoms with Crippen LogP contribution in [0.2, 0.25) is 0 Å². The lowest BCUT2D eigenvalue weighted by Gasteiger charge is -2.28. The van der Waals surface area contributed by atoms with Gasteiger partial charge >= 0.3 is 6.09 Å². The lowest BCUT2D eigenvalue weighted by atomic mass is 9.82. The molecule has 198 valence electrons. The minimum absolute atomic E-state index is 0.0200. The molecule has 1 fully saturated rings. The Morgan fingerprint density at radius 3 is 2.74 bits per heavy atom. The Kier molecular flexibility index (Phi) is 7.26. The van der Waals surface area contributed by atoms with Crippen molar-refractivity contribution in [2.24, 2.45) is 5.92 Å². The highest BCUT2D eigenvalue weighted by Gasteiger charge is 2.52. The van der Waals surface area contributed by atoms with Crippen molar-refractivity contribution in [2.75, 3.05) is 29.6 Å². The fraction of sp³-hybridized carbons (Fsp3) is 0.357. The van der Waals surface area contributed by atoms with Gasteiger partial charge in [-0.2, -0.15) is 0 Å². The molecule has 0 spiro atoms. The average Bonchev–Trinajstić information content (AvgIpc) is 3.62. The number of rotatable bonds is 10. The van der Waals surface area contributed by atoms with Gasteiger partial charge in [-0.3, -0.25) is 14.4 Å². The van der Waals surface area contributed by atoms with E-state index in [0.29, 0.717) is 56.0 Å². The van der Waals surface area contributed by atoms with Crippen molar-refractivity contribution in [2.45, 2.75) is 38.5 Å². The number of aliphatic hydroxyl groups is 2. The molecule has 0 bridgehead atoms. The molecule has 2 atom stereocenters. The SMILES string of the molecule is C[C@H](/C=C/CCn1cc(CCO)nn1)[C@@]1(O)C(=O)N(Cc2ccccc2)c2ccc(N3CCOC3=O)cc21. The minimum atomic E-state index is -1.80. The molecule has 10 heteroatoms. The van der Waals surface area contributed by atoms with Gasteiger partial charge in [0.2, 0.25) is 0 Å². The summed E-state index contributed by atoms with van der Waals surface area (Å²) in [7, 11) is 0. The smallest absolute Gasteiger partial charge is 0.414 e. The molecule has 3 heterocycles. The van der Waals surface area contributed by atoms with Crippen molar-refractivity contribution < 1.29 is 24.5 Å². The molecule has 0 unspecified atom stereocenters. The monoisotopic (exact) mass is 517 g/mol. The predicted octanol–water partition coefficient (Wildman–Crippen LogP) is 2.79. The van der Waals surface area contributed by atoms with E-state index in [1.165, 1.54) is 4.90 Å². The number of cyclic esters (lactones) is 1. The van der Waals surface area contributed by atoms with Crippen molar-refractivity contribution in [3.8, 4) is 0 Å². The van der Waals surface area contributed by atoms with Gasteiger partial charge in [0, 0.05) is 42.9 Å². The number of anilines is 2. The molecule has 0 saturated carbocycles. The van der Waals surface area contributed by atoms with Crippen LogP contribution in [0.15, 0.2) is 66.9 Å².